The van der Waals surface area contributed by atoms with Crippen molar-refractivity contribution in [2.24, 2.45) is 5.92 Å². The van der Waals surface area contributed by atoms with Crippen LogP contribution in [0, 0.1) is 5.92 Å². The van der Waals surface area contributed by atoms with Gasteiger partial charge < -0.3 is 10.2 Å². The fourth-order valence-corrected chi connectivity index (χ4v) is 2.60. The SMILES string of the molecule is O=C1C(NC2CC2)CCN1CC1CCC1. The average molecular weight is 208 g/mol. The van der Waals surface area contributed by atoms with Gasteiger partial charge in [-0.2, -0.15) is 0 Å². The summed E-state index contributed by atoms with van der Waals surface area (Å²) < 4.78 is 0. The Labute approximate surface area is 91.2 Å². The average Bonchev–Trinajstić information content (AvgIpc) is 2.90. The van der Waals surface area contributed by atoms with Crippen molar-refractivity contribution in [2.45, 2.75) is 50.6 Å². The van der Waals surface area contributed by atoms with Crippen molar-refractivity contribution < 1.29 is 4.79 Å². The Balaban J connectivity index is 1.50. The number of likely N-dealkylation sites (tertiary alicyclic amines) is 1. The first kappa shape index (κ1) is 9.64. The molecule has 3 rings (SSSR count). The fraction of sp³-hybridized carbons (Fsp3) is 0.917. The minimum Gasteiger partial charge on any atom is -0.341 e. The number of hydrogen-bond donors (Lipinski definition) is 1. The van der Waals surface area contributed by atoms with Crippen LogP contribution in [0.3, 0.4) is 0 Å². The summed E-state index contributed by atoms with van der Waals surface area (Å²) in [7, 11) is 0. The van der Waals surface area contributed by atoms with E-state index in [1.165, 1.54) is 32.1 Å². The molecule has 0 aromatic heterocycles. The van der Waals surface area contributed by atoms with Crippen LogP contribution in [-0.2, 0) is 4.79 Å². The molecule has 1 N–H and O–H groups in total. The van der Waals surface area contributed by atoms with Crippen LogP contribution in [0.2, 0.25) is 0 Å². The van der Waals surface area contributed by atoms with E-state index in [2.05, 4.69) is 10.2 Å². The van der Waals surface area contributed by atoms with Gasteiger partial charge in [-0.15, -0.1) is 0 Å². The maximum absolute atomic E-state index is 12.0. The zero-order valence-corrected chi connectivity index (χ0v) is 9.24. The molecular weight excluding hydrogens is 188 g/mol. The quantitative estimate of drug-likeness (QED) is 0.751. The Kier molecular flexibility index (Phi) is 2.43. The molecule has 0 radical (unpaired) electrons. The van der Waals surface area contributed by atoms with E-state index >= 15 is 0 Å². The smallest absolute Gasteiger partial charge is 0.239 e. The van der Waals surface area contributed by atoms with Crippen LogP contribution in [0.1, 0.15) is 38.5 Å². The van der Waals surface area contributed by atoms with Crippen LogP contribution in [0.5, 0.6) is 0 Å². The monoisotopic (exact) mass is 208 g/mol. The van der Waals surface area contributed by atoms with E-state index in [1.54, 1.807) is 0 Å². The van der Waals surface area contributed by atoms with Gasteiger partial charge in [-0.05, 0) is 38.0 Å². The zero-order chi connectivity index (χ0) is 10.3. The van der Waals surface area contributed by atoms with Crippen molar-refractivity contribution in [1.29, 1.82) is 0 Å². The summed E-state index contributed by atoms with van der Waals surface area (Å²) >= 11 is 0. The number of carbonyl (C=O) groups excluding carboxylic acids is 1. The Hall–Kier alpha value is -0.570. The Morgan fingerprint density at radius 3 is 2.60 bits per heavy atom. The van der Waals surface area contributed by atoms with Gasteiger partial charge in [-0.25, -0.2) is 0 Å². The molecule has 1 heterocycles. The van der Waals surface area contributed by atoms with Gasteiger partial charge >= 0.3 is 0 Å². The second-order valence-electron chi connectivity index (χ2n) is 5.36. The molecule has 1 unspecified atom stereocenters. The van der Waals surface area contributed by atoms with Crippen LogP contribution in [0.15, 0.2) is 0 Å². The van der Waals surface area contributed by atoms with Gasteiger partial charge in [0.1, 0.15) is 0 Å². The summed E-state index contributed by atoms with van der Waals surface area (Å²) in [5, 5.41) is 3.45. The number of nitrogens with one attached hydrogen (secondary N) is 1. The first-order valence-corrected chi connectivity index (χ1v) is 6.38. The molecule has 2 aliphatic carbocycles. The normalized spacial score (nSPS) is 32.1. The van der Waals surface area contributed by atoms with Crippen molar-refractivity contribution >= 4 is 5.91 Å². The molecule has 1 saturated heterocycles. The summed E-state index contributed by atoms with van der Waals surface area (Å²) in [6.07, 6.45) is 7.62. The summed E-state index contributed by atoms with van der Waals surface area (Å²) in [5.74, 6) is 1.18. The summed E-state index contributed by atoms with van der Waals surface area (Å²) in [6.45, 7) is 2.02. The number of hydrogen-bond acceptors (Lipinski definition) is 2. The fourth-order valence-electron chi connectivity index (χ4n) is 2.60. The molecule has 1 atom stereocenters. The number of carbonyl (C=O) groups is 1. The lowest BCUT2D eigenvalue weighted by Gasteiger charge is -2.30. The third-order valence-corrected chi connectivity index (χ3v) is 4.02. The van der Waals surface area contributed by atoms with Crippen molar-refractivity contribution in [3.63, 3.8) is 0 Å². The Morgan fingerprint density at radius 1 is 1.20 bits per heavy atom. The maximum atomic E-state index is 12.0. The van der Waals surface area contributed by atoms with Crippen molar-refractivity contribution in [1.82, 2.24) is 10.2 Å². The van der Waals surface area contributed by atoms with E-state index in [4.69, 9.17) is 0 Å². The topological polar surface area (TPSA) is 32.3 Å². The minimum atomic E-state index is 0.151. The molecule has 0 bridgehead atoms. The van der Waals surface area contributed by atoms with Crippen LogP contribution >= 0.6 is 0 Å². The predicted molar refractivity (Wildman–Crippen MR) is 58.5 cm³/mol. The highest BCUT2D eigenvalue weighted by atomic mass is 16.2. The van der Waals surface area contributed by atoms with Crippen LogP contribution in [0.4, 0.5) is 0 Å². The standard InChI is InChI=1S/C12H20N2O/c15-12-11(13-10-4-5-10)6-7-14(12)8-9-2-1-3-9/h9-11,13H,1-8H2. The van der Waals surface area contributed by atoms with Crippen molar-refractivity contribution in [3.8, 4) is 0 Å². The lowest BCUT2D eigenvalue weighted by molar-refractivity contribution is -0.130. The van der Waals surface area contributed by atoms with Crippen LogP contribution in [0.25, 0.3) is 0 Å². The second-order valence-corrected chi connectivity index (χ2v) is 5.36. The van der Waals surface area contributed by atoms with E-state index < -0.39 is 0 Å². The molecule has 84 valence electrons. The molecular formula is C12H20N2O. The third kappa shape index (κ3) is 2.03. The number of nitrogens with zero attached hydrogens (tertiary/aromatic N) is 1. The maximum Gasteiger partial charge on any atom is 0.239 e. The summed E-state index contributed by atoms with van der Waals surface area (Å²) in [6, 6.07) is 0.806. The molecule has 1 amide bonds. The first-order valence-electron chi connectivity index (χ1n) is 6.38. The minimum absolute atomic E-state index is 0.151. The van der Waals surface area contributed by atoms with E-state index in [0.29, 0.717) is 11.9 Å². The second kappa shape index (κ2) is 3.78. The van der Waals surface area contributed by atoms with Gasteiger partial charge in [0.15, 0.2) is 0 Å². The number of amides is 1. The summed E-state index contributed by atoms with van der Waals surface area (Å²) in [5.41, 5.74) is 0. The highest BCUT2D eigenvalue weighted by molar-refractivity contribution is 5.84. The van der Waals surface area contributed by atoms with Gasteiger partial charge in [0, 0.05) is 19.1 Å². The van der Waals surface area contributed by atoms with Gasteiger partial charge in [0.05, 0.1) is 6.04 Å². The molecule has 3 aliphatic rings. The van der Waals surface area contributed by atoms with Gasteiger partial charge in [0.25, 0.3) is 0 Å². The molecule has 3 heteroatoms. The summed E-state index contributed by atoms with van der Waals surface area (Å²) in [4.78, 5) is 14.1. The van der Waals surface area contributed by atoms with Gasteiger partial charge in [-0.1, -0.05) is 6.42 Å². The third-order valence-electron chi connectivity index (χ3n) is 4.02. The Bertz CT molecular complexity index is 258. The number of rotatable bonds is 4. The molecule has 15 heavy (non-hydrogen) atoms. The van der Waals surface area contributed by atoms with E-state index in [-0.39, 0.29) is 6.04 Å². The zero-order valence-electron chi connectivity index (χ0n) is 9.24. The lowest BCUT2D eigenvalue weighted by atomic mass is 9.85. The molecule has 0 spiro atoms. The highest BCUT2D eigenvalue weighted by Gasteiger charge is 2.36. The molecule has 3 nitrogen and oxygen atoms in total. The van der Waals surface area contributed by atoms with Crippen molar-refractivity contribution in [2.75, 3.05) is 13.1 Å². The first-order chi connectivity index (χ1) is 7.33. The van der Waals surface area contributed by atoms with Gasteiger partial charge in [-0.3, -0.25) is 4.79 Å². The van der Waals surface area contributed by atoms with E-state index in [0.717, 1.165) is 25.4 Å². The lowest BCUT2D eigenvalue weighted by Crippen LogP contribution is -2.41. The molecule has 3 fully saturated rings. The molecule has 0 aromatic carbocycles. The van der Waals surface area contributed by atoms with Crippen LogP contribution in [-0.4, -0.2) is 36.0 Å². The van der Waals surface area contributed by atoms with Gasteiger partial charge in [0.2, 0.25) is 5.91 Å². The van der Waals surface area contributed by atoms with E-state index in [1.807, 2.05) is 0 Å². The molecule has 1 aliphatic heterocycles. The van der Waals surface area contributed by atoms with E-state index in [9.17, 15) is 4.79 Å². The molecule has 2 saturated carbocycles. The predicted octanol–water partition coefficient (Wildman–Crippen LogP) is 1.14. The largest absolute Gasteiger partial charge is 0.341 e. The highest BCUT2D eigenvalue weighted by Crippen LogP contribution is 2.29. The molecule has 0 aromatic rings. The van der Waals surface area contributed by atoms with Crippen LogP contribution < -0.4 is 5.32 Å². The Morgan fingerprint density at radius 2 is 2.00 bits per heavy atom. The van der Waals surface area contributed by atoms with Crippen molar-refractivity contribution in [3.05, 3.63) is 0 Å².